The second-order valence-corrected chi connectivity index (χ2v) is 6.97. The maximum absolute atomic E-state index is 13.2. The van der Waals surface area contributed by atoms with Crippen LogP contribution in [0.1, 0.15) is 36.6 Å². The van der Waals surface area contributed by atoms with E-state index in [9.17, 15) is 19.3 Å². The van der Waals surface area contributed by atoms with Gasteiger partial charge in [-0.3, -0.25) is 14.9 Å². The predicted octanol–water partition coefficient (Wildman–Crippen LogP) is 3.25. The molecule has 3 N–H and O–H groups in total. The van der Waals surface area contributed by atoms with Gasteiger partial charge in [-0.05, 0) is 37.1 Å². The van der Waals surface area contributed by atoms with Crippen LogP contribution in [0.3, 0.4) is 0 Å². The molecule has 2 rings (SSSR count). The van der Waals surface area contributed by atoms with Crippen LogP contribution in [0.4, 0.5) is 15.8 Å². The van der Waals surface area contributed by atoms with Gasteiger partial charge in [0.2, 0.25) is 0 Å². The monoisotopic (exact) mass is 374 g/mol. The molecule has 1 atom stereocenters. The summed E-state index contributed by atoms with van der Waals surface area (Å²) in [5.74, 6) is -0.404. The molecule has 0 saturated carbocycles. The lowest BCUT2D eigenvalue weighted by Gasteiger charge is -2.19. The van der Waals surface area contributed by atoms with Gasteiger partial charge in [0.25, 0.3) is 11.6 Å². The zero-order valence-electron chi connectivity index (χ0n) is 16.0. The van der Waals surface area contributed by atoms with Gasteiger partial charge in [0, 0.05) is 17.5 Å². The van der Waals surface area contributed by atoms with Gasteiger partial charge in [0.15, 0.2) is 6.54 Å². The maximum Gasteiger partial charge on any atom is 0.293 e. The number of rotatable bonds is 7. The Bertz CT molecular complexity index is 835. The summed E-state index contributed by atoms with van der Waals surface area (Å²) in [5, 5.41) is 15.8. The fourth-order valence-corrected chi connectivity index (χ4v) is 3.01. The van der Waals surface area contributed by atoms with Crippen molar-refractivity contribution in [1.82, 2.24) is 0 Å². The molecule has 0 spiro atoms. The molecule has 144 valence electrons. The third-order valence-electron chi connectivity index (χ3n) is 4.71. The number of benzene rings is 2. The number of nitro groups is 1. The molecule has 0 unspecified atom stereocenters. The molecule has 0 fully saturated rings. The molecule has 1 amide bonds. The van der Waals surface area contributed by atoms with Gasteiger partial charge < -0.3 is 10.6 Å². The van der Waals surface area contributed by atoms with Crippen molar-refractivity contribution in [3.8, 4) is 0 Å². The van der Waals surface area contributed by atoms with Crippen molar-refractivity contribution in [1.29, 1.82) is 0 Å². The maximum atomic E-state index is 13.2. The molecule has 2 aromatic carbocycles. The molecular formula is C20H25FN3O3+. The number of halogens is 1. The van der Waals surface area contributed by atoms with E-state index in [1.807, 2.05) is 26.1 Å². The van der Waals surface area contributed by atoms with Gasteiger partial charge >= 0.3 is 0 Å². The van der Waals surface area contributed by atoms with E-state index < -0.39 is 4.92 Å². The number of nitrogens with zero attached hydrogens (tertiary/aromatic N) is 1. The Labute approximate surface area is 157 Å². The molecular weight excluding hydrogens is 349 g/mol. The van der Waals surface area contributed by atoms with Crippen molar-refractivity contribution in [3.05, 3.63) is 69.0 Å². The molecule has 0 radical (unpaired) electrons. The van der Waals surface area contributed by atoms with Gasteiger partial charge in [0.1, 0.15) is 17.5 Å². The van der Waals surface area contributed by atoms with E-state index in [0.29, 0.717) is 5.56 Å². The molecule has 0 aliphatic rings. The van der Waals surface area contributed by atoms with Gasteiger partial charge in [-0.25, -0.2) is 4.39 Å². The minimum absolute atomic E-state index is 0.0232. The Morgan fingerprint density at radius 1 is 1.19 bits per heavy atom. The molecule has 0 saturated heterocycles. The van der Waals surface area contributed by atoms with Crippen LogP contribution in [-0.4, -0.2) is 17.4 Å². The topological polar surface area (TPSA) is 88.9 Å². The first kappa shape index (κ1) is 20.5. The van der Waals surface area contributed by atoms with E-state index in [4.69, 9.17) is 0 Å². The number of quaternary nitrogens is 1. The summed E-state index contributed by atoms with van der Waals surface area (Å²) < 4.78 is 13.2. The van der Waals surface area contributed by atoms with Crippen molar-refractivity contribution in [2.24, 2.45) is 5.92 Å². The Morgan fingerprint density at radius 3 is 2.37 bits per heavy atom. The van der Waals surface area contributed by atoms with E-state index in [1.54, 1.807) is 25.1 Å². The fraction of sp³-hybridized carbons (Fsp3) is 0.350. The number of carbonyl (C=O) groups is 1. The quantitative estimate of drug-likeness (QED) is 0.576. The second-order valence-electron chi connectivity index (χ2n) is 6.97. The molecule has 0 aliphatic heterocycles. The normalized spacial score (nSPS) is 12.1. The van der Waals surface area contributed by atoms with Crippen LogP contribution < -0.4 is 10.6 Å². The number of amides is 1. The first-order valence-electron chi connectivity index (χ1n) is 8.84. The second kappa shape index (κ2) is 8.73. The predicted molar refractivity (Wildman–Crippen MR) is 102 cm³/mol. The molecule has 0 aliphatic carbocycles. The van der Waals surface area contributed by atoms with Gasteiger partial charge in [-0.1, -0.05) is 32.0 Å². The zero-order valence-corrected chi connectivity index (χ0v) is 16.0. The van der Waals surface area contributed by atoms with E-state index in [1.165, 1.54) is 18.2 Å². The highest BCUT2D eigenvalue weighted by Gasteiger charge is 2.23. The van der Waals surface area contributed by atoms with Crippen molar-refractivity contribution in [2.45, 2.75) is 33.7 Å². The van der Waals surface area contributed by atoms with Crippen LogP contribution in [0, 0.1) is 35.7 Å². The Balaban J connectivity index is 2.12. The zero-order chi connectivity index (χ0) is 20.1. The summed E-state index contributed by atoms with van der Waals surface area (Å²) in [4.78, 5) is 23.2. The van der Waals surface area contributed by atoms with E-state index in [0.717, 1.165) is 11.1 Å². The van der Waals surface area contributed by atoms with E-state index >= 15 is 0 Å². The molecule has 7 heteroatoms. The summed E-state index contributed by atoms with van der Waals surface area (Å²) in [6, 6.07) is 9.27. The summed E-state index contributed by atoms with van der Waals surface area (Å²) in [7, 11) is 0. The average molecular weight is 374 g/mol. The number of nitrogens with one attached hydrogen (secondary N) is 1. The third kappa shape index (κ3) is 5.10. The Kier molecular flexibility index (Phi) is 6.63. The fourth-order valence-electron chi connectivity index (χ4n) is 3.01. The SMILES string of the molecule is Cc1ccc([N+](=O)[O-])c(NC(=O)C[NH2+][C@H](c2ccc(F)cc2)C(C)C)c1C. The lowest BCUT2D eigenvalue weighted by Crippen LogP contribution is -2.88. The number of carbonyl (C=O) groups excluding carboxylic acids is 1. The van der Waals surface area contributed by atoms with E-state index in [2.05, 4.69) is 5.32 Å². The van der Waals surface area contributed by atoms with Gasteiger partial charge in [-0.2, -0.15) is 0 Å². The lowest BCUT2D eigenvalue weighted by atomic mass is 9.96. The van der Waals surface area contributed by atoms with Gasteiger partial charge in [-0.15, -0.1) is 0 Å². The number of nitro benzene ring substituents is 1. The molecule has 2 aromatic rings. The standard InChI is InChI=1S/C20H24FN3O3/c1-12(2)19(15-6-8-16(21)9-7-15)22-11-18(25)23-20-14(4)13(3)5-10-17(20)24(26)27/h5-10,12,19,22H,11H2,1-4H3,(H,23,25)/p+1/t19-/m0/s1. The minimum atomic E-state index is -0.499. The van der Waals surface area contributed by atoms with Crippen LogP contribution in [0.2, 0.25) is 0 Å². The number of anilines is 1. The van der Waals surface area contributed by atoms with E-state index in [-0.39, 0.29) is 41.6 Å². The first-order chi connectivity index (χ1) is 12.7. The molecule has 0 bridgehead atoms. The lowest BCUT2D eigenvalue weighted by molar-refractivity contribution is -0.692. The molecule has 0 aromatic heterocycles. The highest BCUT2D eigenvalue weighted by atomic mass is 19.1. The van der Waals surface area contributed by atoms with Crippen LogP contribution in [0.15, 0.2) is 36.4 Å². The minimum Gasteiger partial charge on any atom is -0.332 e. The first-order valence-corrected chi connectivity index (χ1v) is 8.84. The average Bonchev–Trinajstić information content (AvgIpc) is 2.60. The van der Waals surface area contributed by atoms with Gasteiger partial charge in [0.05, 0.1) is 4.92 Å². The number of nitrogens with two attached hydrogens (primary N) is 1. The number of aryl methyl sites for hydroxylation is 1. The Hall–Kier alpha value is -2.80. The summed E-state index contributed by atoms with van der Waals surface area (Å²) in [6.07, 6.45) is 0. The summed E-state index contributed by atoms with van der Waals surface area (Å²) in [6.45, 7) is 7.74. The summed E-state index contributed by atoms with van der Waals surface area (Å²) in [5.41, 5.74) is 2.59. The van der Waals surface area contributed by atoms with Crippen molar-refractivity contribution in [2.75, 3.05) is 11.9 Å². The largest absolute Gasteiger partial charge is 0.332 e. The van der Waals surface area contributed by atoms with Crippen molar-refractivity contribution < 1.29 is 19.4 Å². The summed E-state index contributed by atoms with van der Waals surface area (Å²) >= 11 is 0. The van der Waals surface area contributed by atoms with Crippen LogP contribution in [0.5, 0.6) is 0 Å². The van der Waals surface area contributed by atoms with Crippen LogP contribution in [-0.2, 0) is 4.79 Å². The van der Waals surface area contributed by atoms with Crippen molar-refractivity contribution in [3.63, 3.8) is 0 Å². The highest BCUT2D eigenvalue weighted by molar-refractivity contribution is 5.94. The smallest absolute Gasteiger partial charge is 0.293 e. The number of hydrogen-bond acceptors (Lipinski definition) is 3. The van der Waals surface area contributed by atoms with Crippen molar-refractivity contribution >= 4 is 17.3 Å². The Morgan fingerprint density at radius 2 is 1.81 bits per heavy atom. The number of hydrogen-bond donors (Lipinski definition) is 2. The molecule has 27 heavy (non-hydrogen) atoms. The van der Waals surface area contributed by atoms with Crippen LogP contribution >= 0.6 is 0 Å². The van der Waals surface area contributed by atoms with Crippen LogP contribution in [0.25, 0.3) is 0 Å². The molecule has 6 nitrogen and oxygen atoms in total. The highest BCUT2D eigenvalue weighted by Crippen LogP contribution is 2.30. The third-order valence-corrected chi connectivity index (χ3v) is 4.71. The molecule has 0 heterocycles.